The minimum absolute atomic E-state index is 0.110. The lowest BCUT2D eigenvalue weighted by Crippen LogP contribution is -2.71. The molecule has 22 heavy (non-hydrogen) atoms. The highest BCUT2D eigenvalue weighted by Crippen LogP contribution is 2.51. The molecule has 2 aliphatic carbocycles. The van der Waals surface area contributed by atoms with Gasteiger partial charge < -0.3 is 15.4 Å². The molecule has 0 aromatic rings. The van der Waals surface area contributed by atoms with Crippen molar-refractivity contribution in [2.24, 2.45) is 22.2 Å². The van der Waals surface area contributed by atoms with Crippen LogP contribution in [0.2, 0.25) is 0 Å². The summed E-state index contributed by atoms with van der Waals surface area (Å²) < 4.78 is 5.96. The quantitative estimate of drug-likeness (QED) is 0.605. The molecule has 3 fully saturated rings. The Labute approximate surface area is 133 Å². The molecule has 0 amide bonds. The molecule has 5 atom stereocenters. The number of hydrogen-bond acceptors (Lipinski definition) is 3. The van der Waals surface area contributed by atoms with Gasteiger partial charge in [0.1, 0.15) is 0 Å². The third-order valence-electron chi connectivity index (χ3n) is 5.85. The number of hydrogen-bond donors (Lipinski definition) is 2. The van der Waals surface area contributed by atoms with E-state index in [1.165, 1.54) is 6.42 Å². The van der Waals surface area contributed by atoms with E-state index >= 15 is 0 Å². The van der Waals surface area contributed by atoms with Crippen molar-refractivity contribution in [1.82, 2.24) is 10.6 Å². The highest BCUT2D eigenvalue weighted by Gasteiger charge is 2.58. The summed E-state index contributed by atoms with van der Waals surface area (Å²) in [5, 5.41) is 16.3. The molecule has 2 saturated carbocycles. The Kier molecular flexibility index (Phi) is 4.31. The van der Waals surface area contributed by atoms with Crippen molar-refractivity contribution in [2.45, 2.75) is 64.1 Å². The van der Waals surface area contributed by atoms with Gasteiger partial charge in [-0.25, -0.2) is 0 Å². The van der Waals surface area contributed by atoms with Gasteiger partial charge in [0.05, 0.1) is 18.1 Å². The van der Waals surface area contributed by atoms with E-state index in [-0.39, 0.29) is 17.4 Å². The van der Waals surface area contributed by atoms with Crippen LogP contribution in [0.25, 0.3) is 0 Å². The van der Waals surface area contributed by atoms with Crippen LogP contribution in [0, 0.1) is 28.6 Å². The van der Waals surface area contributed by atoms with Gasteiger partial charge in [-0.2, -0.15) is 5.26 Å². The van der Waals surface area contributed by atoms with Crippen molar-refractivity contribution in [2.75, 3.05) is 13.7 Å². The molecule has 0 bridgehead atoms. The van der Waals surface area contributed by atoms with Crippen molar-refractivity contribution in [3.05, 3.63) is 0 Å². The second kappa shape index (κ2) is 6.08. The molecule has 5 nitrogen and oxygen atoms in total. The number of fused-ring (bicyclic) bond motifs is 1. The van der Waals surface area contributed by atoms with Gasteiger partial charge in [-0.3, -0.25) is 4.99 Å². The van der Waals surface area contributed by atoms with Crippen LogP contribution in [0.5, 0.6) is 0 Å². The highest BCUT2D eigenvalue weighted by molar-refractivity contribution is 5.80. The van der Waals surface area contributed by atoms with Gasteiger partial charge >= 0.3 is 0 Å². The monoisotopic (exact) mass is 304 g/mol. The fourth-order valence-corrected chi connectivity index (χ4v) is 4.60. The van der Waals surface area contributed by atoms with Crippen LogP contribution >= 0.6 is 0 Å². The van der Waals surface area contributed by atoms with Crippen molar-refractivity contribution in [1.29, 1.82) is 5.26 Å². The van der Waals surface area contributed by atoms with Crippen LogP contribution in [0.1, 0.15) is 46.0 Å². The van der Waals surface area contributed by atoms with E-state index in [0.29, 0.717) is 18.1 Å². The van der Waals surface area contributed by atoms with Crippen molar-refractivity contribution in [3.8, 4) is 6.07 Å². The minimum atomic E-state index is 0.110. The van der Waals surface area contributed by atoms with E-state index in [4.69, 9.17) is 4.74 Å². The SMILES string of the molecule is CN=C(NC1CCCC1C#N)NC1C2CCCOC2C1(C)C. The topological polar surface area (TPSA) is 69.4 Å². The number of rotatable bonds is 2. The third-order valence-corrected chi connectivity index (χ3v) is 5.85. The maximum atomic E-state index is 9.23. The molecular weight excluding hydrogens is 276 g/mol. The van der Waals surface area contributed by atoms with Gasteiger partial charge in [-0.15, -0.1) is 0 Å². The first-order valence-corrected chi connectivity index (χ1v) is 8.59. The highest BCUT2D eigenvalue weighted by atomic mass is 16.5. The molecule has 5 unspecified atom stereocenters. The Balaban J connectivity index is 1.62. The molecule has 3 aliphatic rings. The van der Waals surface area contributed by atoms with E-state index in [9.17, 15) is 5.26 Å². The molecule has 1 saturated heterocycles. The van der Waals surface area contributed by atoms with E-state index in [1.807, 2.05) is 7.05 Å². The van der Waals surface area contributed by atoms with Gasteiger partial charge in [0, 0.05) is 37.1 Å². The number of guanidine groups is 1. The number of aliphatic imine (C=N–C) groups is 1. The lowest BCUT2D eigenvalue weighted by molar-refractivity contribution is -0.188. The largest absolute Gasteiger partial charge is 0.377 e. The third kappa shape index (κ3) is 2.58. The molecule has 122 valence electrons. The van der Waals surface area contributed by atoms with Crippen LogP contribution in [0.15, 0.2) is 4.99 Å². The molecule has 5 heteroatoms. The molecule has 0 spiro atoms. The fraction of sp³-hybridized carbons (Fsp3) is 0.882. The number of nitriles is 1. The van der Waals surface area contributed by atoms with Gasteiger partial charge in [-0.1, -0.05) is 13.8 Å². The van der Waals surface area contributed by atoms with Crippen LogP contribution < -0.4 is 10.6 Å². The smallest absolute Gasteiger partial charge is 0.191 e. The summed E-state index contributed by atoms with van der Waals surface area (Å²) >= 11 is 0. The van der Waals surface area contributed by atoms with E-state index in [0.717, 1.165) is 38.2 Å². The summed E-state index contributed by atoms with van der Waals surface area (Å²) in [5.41, 5.74) is 0.132. The maximum absolute atomic E-state index is 9.23. The number of ether oxygens (including phenoxy) is 1. The summed E-state index contributed by atoms with van der Waals surface area (Å²) in [5.74, 6) is 1.53. The summed E-state index contributed by atoms with van der Waals surface area (Å²) in [6.07, 6.45) is 5.93. The Morgan fingerprint density at radius 2 is 2.05 bits per heavy atom. The zero-order chi connectivity index (χ0) is 15.7. The minimum Gasteiger partial charge on any atom is -0.377 e. The van der Waals surface area contributed by atoms with E-state index in [2.05, 4.69) is 35.5 Å². The normalized spacial score (nSPS) is 40.3. The summed E-state index contributed by atoms with van der Waals surface area (Å²) in [6.45, 7) is 5.45. The first kappa shape index (κ1) is 15.6. The average molecular weight is 304 g/mol. The van der Waals surface area contributed by atoms with Crippen molar-refractivity contribution in [3.63, 3.8) is 0 Å². The predicted octanol–water partition coefficient (Wildman–Crippen LogP) is 2.05. The Bertz CT molecular complexity index is 482. The number of nitrogens with zero attached hydrogens (tertiary/aromatic N) is 2. The number of nitrogens with one attached hydrogen (secondary N) is 2. The van der Waals surface area contributed by atoms with Crippen LogP contribution in [0.3, 0.4) is 0 Å². The zero-order valence-corrected chi connectivity index (χ0v) is 13.9. The summed E-state index contributed by atoms with van der Waals surface area (Å²) in [6, 6.07) is 3.05. The lowest BCUT2D eigenvalue weighted by atomic mass is 9.55. The molecule has 2 N–H and O–H groups in total. The Morgan fingerprint density at radius 1 is 1.23 bits per heavy atom. The predicted molar refractivity (Wildman–Crippen MR) is 86.4 cm³/mol. The van der Waals surface area contributed by atoms with Crippen LogP contribution in [-0.4, -0.2) is 37.8 Å². The van der Waals surface area contributed by atoms with Gasteiger partial charge in [-0.05, 0) is 32.1 Å². The molecular formula is C17H28N4O. The van der Waals surface area contributed by atoms with Crippen LogP contribution in [-0.2, 0) is 4.74 Å². The van der Waals surface area contributed by atoms with Crippen molar-refractivity contribution >= 4 is 5.96 Å². The second-order valence-corrected chi connectivity index (χ2v) is 7.53. The second-order valence-electron chi connectivity index (χ2n) is 7.53. The van der Waals surface area contributed by atoms with Gasteiger partial charge in [0.15, 0.2) is 5.96 Å². The van der Waals surface area contributed by atoms with Crippen LogP contribution in [0.4, 0.5) is 0 Å². The molecule has 3 rings (SSSR count). The average Bonchev–Trinajstić information content (AvgIpc) is 2.98. The first-order valence-electron chi connectivity index (χ1n) is 8.59. The molecule has 0 aromatic heterocycles. The lowest BCUT2D eigenvalue weighted by Gasteiger charge is -2.60. The Morgan fingerprint density at radius 3 is 2.77 bits per heavy atom. The Hall–Kier alpha value is -1.28. The van der Waals surface area contributed by atoms with E-state index < -0.39 is 0 Å². The molecule has 0 aromatic carbocycles. The van der Waals surface area contributed by atoms with Gasteiger partial charge in [0.2, 0.25) is 0 Å². The first-order chi connectivity index (χ1) is 10.6. The van der Waals surface area contributed by atoms with E-state index in [1.54, 1.807) is 0 Å². The van der Waals surface area contributed by atoms with Crippen molar-refractivity contribution < 1.29 is 4.74 Å². The maximum Gasteiger partial charge on any atom is 0.191 e. The fourth-order valence-electron chi connectivity index (χ4n) is 4.60. The molecule has 1 aliphatic heterocycles. The standard InChI is InChI=1S/C17H28N4O/c1-17(2)14(12-7-5-9-22-15(12)17)21-16(19-3)20-13-8-4-6-11(13)10-18/h11-15H,4-9H2,1-3H3,(H2,19,20,21). The zero-order valence-electron chi connectivity index (χ0n) is 13.9. The molecule has 0 radical (unpaired) electrons. The molecule has 1 heterocycles. The summed E-state index contributed by atoms with van der Waals surface area (Å²) in [4.78, 5) is 4.39. The van der Waals surface area contributed by atoms with Gasteiger partial charge in [0.25, 0.3) is 0 Å². The summed E-state index contributed by atoms with van der Waals surface area (Å²) in [7, 11) is 1.81.